The standard InChI is InChI=1S/C17H13ClO2/c1-19-14-8-6-13(7-9-14)10-11-17(12-20-17)15-4-2-3-5-16(15)18/h2-9H,12H2,1H3. The second-order valence-corrected chi connectivity index (χ2v) is 4.98. The first-order valence-electron chi connectivity index (χ1n) is 6.30. The van der Waals surface area contributed by atoms with Crippen molar-refractivity contribution in [2.45, 2.75) is 5.60 Å². The van der Waals surface area contributed by atoms with E-state index in [1.165, 1.54) is 0 Å². The predicted octanol–water partition coefficient (Wildman–Crippen LogP) is 3.63. The lowest BCUT2D eigenvalue weighted by Crippen LogP contribution is -2.06. The molecule has 2 aromatic carbocycles. The molecule has 20 heavy (non-hydrogen) atoms. The van der Waals surface area contributed by atoms with Crippen LogP contribution in [0.2, 0.25) is 5.02 Å². The summed E-state index contributed by atoms with van der Waals surface area (Å²) in [5.74, 6) is 7.14. The molecule has 0 radical (unpaired) electrons. The molecule has 0 saturated carbocycles. The summed E-state index contributed by atoms with van der Waals surface area (Å²) >= 11 is 6.21. The van der Waals surface area contributed by atoms with E-state index in [-0.39, 0.29) is 0 Å². The normalized spacial score (nSPS) is 19.9. The van der Waals surface area contributed by atoms with Crippen molar-refractivity contribution in [2.75, 3.05) is 13.7 Å². The van der Waals surface area contributed by atoms with Gasteiger partial charge in [0.05, 0.1) is 13.7 Å². The van der Waals surface area contributed by atoms with Crippen molar-refractivity contribution in [3.63, 3.8) is 0 Å². The minimum atomic E-state index is -0.543. The van der Waals surface area contributed by atoms with Crippen LogP contribution >= 0.6 is 11.6 Å². The Morgan fingerprint density at radius 1 is 1.15 bits per heavy atom. The number of rotatable bonds is 2. The number of methoxy groups -OCH3 is 1. The molecule has 1 heterocycles. The monoisotopic (exact) mass is 284 g/mol. The Hall–Kier alpha value is -1.95. The van der Waals surface area contributed by atoms with Gasteiger partial charge in [0.1, 0.15) is 5.75 Å². The van der Waals surface area contributed by atoms with Gasteiger partial charge in [-0.15, -0.1) is 0 Å². The molecule has 3 rings (SSSR count). The Bertz CT molecular complexity index is 676. The van der Waals surface area contributed by atoms with E-state index in [0.717, 1.165) is 16.9 Å². The molecule has 1 aliphatic rings. The average Bonchev–Trinajstić information content (AvgIpc) is 3.27. The zero-order valence-corrected chi connectivity index (χ0v) is 11.8. The minimum Gasteiger partial charge on any atom is -0.497 e. The van der Waals surface area contributed by atoms with Gasteiger partial charge < -0.3 is 9.47 Å². The molecule has 1 aliphatic heterocycles. The molecule has 1 atom stereocenters. The number of benzene rings is 2. The highest BCUT2D eigenvalue weighted by Crippen LogP contribution is 2.41. The van der Waals surface area contributed by atoms with E-state index >= 15 is 0 Å². The van der Waals surface area contributed by atoms with Gasteiger partial charge in [0.15, 0.2) is 5.60 Å². The van der Waals surface area contributed by atoms with Gasteiger partial charge in [0, 0.05) is 16.1 Å². The van der Waals surface area contributed by atoms with Crippen LogP contribution in [0.1, 0.15) is 11.1 Å². The maximum absolute atomic E-state index is 6.21. The van der Waals surface area contributed by atoms with Crippen LogP contribution in [0.5, 0.6) is 5.75 Å². The lowest BCUT2D eigenvalue weighted by atomic mass is 10.00. The molecule has 0 amide bonds. The molecule has 3 heteroatoms. The zero-order chi connectivity index (χ0) is 14.0. The van der Waals surface area contributed by atoms with Gasteiger partial charge in [-0.3, -0.25) is 0 Å². The summed E-state index contributed by atoms with van der Waals surface area (Å²) in [5, 5.41) is 0.689. The molecule has 0 bridgehead atoms. The maximum Gasteiger partial charge on any atom is 0.179 e. The smallest absolute Gasteiger partial charge is 0.179 e. The van der Waals surface area contributed by atoms with Gasteiger partial charge in [0.2, 0.25) is 0 Å². The van der Waals surface area contributed by atoms with E-state index in [0.29, 0.717) is 11.6 Å². The second-order valence-electron chi connectivity index (χ2n) is 4.57. The third-order valence-corrected chi connectivity index (χ3v) is 3.57. The summed E-state index contributed by atoms with van der Waals surface area (Å²) in [6.07, 6.45) is 0. The fraction of sp³-hybridized carbons (Fsp3) is 0.176. The summed E-state index contributed by atoms with van der Waals surface area (Å²) < 4.78 is 10.7. The molecule has 0 spiro atoms. The summed E-state index contributed by atoms with van der Waals surface area (Å²) in [7, 11) is 1.64. The van der Waals surface area contributed by atoms with Crippen LogP contribution < -0.4 is 4.74 Å². The van der Waals surface area contributed by atoms with Gasteiger partial charge in [-0.05, 0) is 30.3 Å². The van der Waals surface area contributed by atoms with Crippen LogP contribution in [0, 0.1) is 11.8 Å². The third kappa shape index (κ3) is 2.51. The molecule has 0 N–H and O–H groups in total. The van der Waals surface area contributed by atoms with Crippen molar-refractivity contribution in [1.82, 2.24) is 0 Å². The van der Waals surface area contributed by atoms with Gasteiger partial charge in [-0.1, -0.05) is 41.6 Å². The summed E-state index contributed by atoms with van der Waals surface area (Å²) in [4.78, 5) is 0. The molecule has 0 aromatic heterocycles. The summed E-state index contributed by atoms with van der Waals surface area (Å²) in [5.41, 5.74) is 1.31. The molecule has 100 valence electrons. The Morgan fingerprint density at radius 3 is 2.45 bits per heavy atom. The van der Waals surface area contributed by atoms with Crippen LogP contribution in [0.4, 0.5) is 0 Å². The topological polar surface area (TPSA) is 21.8 Å². The first-order chi connectivity index (χ1) is 9.73. The third-order valence-electron chi connectivity index (χ3n) is 3.24. The number of hydrogen-bond acceptors (Lipinski definition) is 2. The highest BCUT2D eigenvalue weighted by Gasteiger charge is 2.46. The highest BCUT2D eigenvalue weighted by molar-refractivity contribution is 6.31. The first kappa shape index (κ1) is 13.1. The van der Waals surface area contributed by atoms with Crippen molar-refractivity contribution in [3.05, 3.63) is 64.7 Å². The molecule has 1 unspecified atom stereocenters. The lowest BCUT2D eigenvalue weighted by molar-refractivity contribution is 0.366. The second kappa shape index (κ2) is 5.20. The van der Waals surface area contributed by atoms with E-state index in [1.807, 2.05) is 48.5 Å². The number of hydrogen-bond donors (Lipinski definition) is 0. The first-order valence-corrected chi connectivity index (χ1v) is 6.67. The maximum atomic E-state index is 6.21. The Balaban J connectivity index is 1.88. The highest BCUT2D eigenvalue weighted by atomic mass is 35.5. The van der Waals surface area contributed by atoms with Crippen molar-refractivity contribution >= 4 is 11.6 Å². The molecule has 0 aliphatic carbocycles. The number of ether oxygens (including phenoxy) is 2. The van der Waals surface area contributed by atoms with Gasteiger partial charge >= 0.3 is 0 Å². The van der Waals surface area contributed by atoms with Gasteiger partial charge in [-0.2, -0.15) is 0 Å². The summed E-state index contributed by atoms with van der Waals surface area (Å²) in [6, 6.07) is 15.3. The fourth-order valence-electron chi connectivity index (χ4n) is 2.00. The molecular formula is C17H13ClO2. The van der Waals surface area contributed by atoms with Gasteiger partial charge in [-0.25, -0.2) is 0 Å². The quantitative estimate of drug-likeness (QED) is 0.620. The van der Waals surface area contributed by atoms with Crippen molar-refractivity contribution in [2.24, 2.45) is 0 Å². The average molecular weight is 285 g/mol. The van der Waals surface area contributed by atoms with Gasteiger partial charge in [0.25, 0.3) is 0 Å². The van der Waals surface area contributed by atoms with Crippen LogP contribution in [-0.2, 0) is 10.3 Å². The molecule has 2 nitrogen and oxygen atoms in total. The summed E-state index contributed by atoms with van der Waals surface area (Å²) in [6.45, 7) is 0.583. The van der Waals surface area contributed by atoms with E-state index in [2.05, 4.69) is 11.8 Å². The van der Waals surface area contributed by atoms with E-state index in [4.69, 9.17) is 21.1 Å². The van der Waals surface area contributed by atoms with E-state index in [9.17, 15) is 0 Å². The zero-order valence-electron chi connectivity index (χ0n) is 11.0. The Morgan fingerprint density at radius 2 is 1.85 bits per heavy atom. The van der Waals surface area contributed by atoms with Crippen molar-refractivity contribution < 1.29 is 9.47 Å². The van der Waals surface area contributed by atoms with Crippen LogP contribution in [0.3, 0.4) is 0 Å². The SMILES string of the molecule is COc1ccc(C#CC2(c3ccccc3Cl)CO2)cc1. The molecule has 1 fully saturated rings. The van der Waals surface area contributed by atoms with E-state index < -0.39 is 5.60 Å². The van der Waals surface area contributed by atoms with Crippen molar-refractivity contribution in [1.29, 1.82) is 0 Å². The Labute approximate surface area is 123 Å². The predicted molar refractivity (Wildman–Crippen MR) is 79.0 cm³/mol. The molecule has 2 aromatic rings. The molecule has 1 saturated heterocycles. The van der Waals surface area contributed by atoms with Crippen LogP contribution in [0.15, 0.2) is 48.5 Å². The molecular weight excluding hydrogens is 272 g/mol. The van der Waals surface area contributed by atoms with Crippen molar-refractivity contribution in [3.8, 4) is 17.6 Å². The number of halogens is 1. The van der Waals surface area contributed by atoms with E-state index in [1.54, 1.807) is 7.11 Å². The minimum absolute atomic E-state index is 0.543. The largest absolute Gasteiger partial charge is 0.497 e. The Kier molecular flexibility index (Phi) is 3.40. The lowest BCUT2D eigenvalue weighted by Gasteiger charge is -2.06. The van der Waals surface area contributed by atoms with Crippen LogP contribution in [-0.4, -0.2) is 13.7 Å². The fourth-order valence-corrected chi connectivity index (χ4v) is 2.29. The van der Waals surface area contributed by atoms with Crippen LogP contribution in [0.25, 0.3) is 0 Å². The number of epoxide rings is 1.